The van der Waals surface area contributed by atoms with Crippen LogP contribution in [-0.4, -0.2) is 42.1 Å². The third-order valence-electron chi connectivity index (χ3n) is 6.10. The summed E-state index contributed by atoms with van der Waals surface area (Å²) in [5.41, 5.74) is 0.909. The maximum Gasteiger partial charge on any atom is 0.233 e. The molecule has 1 aromatic carbocycles. The lowest BCUT2D eigenvalue weighted by Crippen LogP contribution is -2.23. The second-order valence-corrected chi connectivity index (χ2v) is 11.4. The molecule has 0 bridgehead atoms. The van der Waals surface area contributed by atoms with Crippen LogP contribution in [0.1, 0.15) is 66.9 Å². The highest BCUT2D eigenvalue weighted by Gasteiger charge is 2.37. The quantitative estimate of drug-likeness (QED) is 0.551. The zero-order valence-electron chi connectivity index (χ0n) is 17.1. The Morgan fingerprint density at radius 2 is 1.81 bits per heavy atom. The number of nitrogens with zero attached hydrogens (tertiary/aromatic N) is 1. The Balaban J connectivity index is 1.54. The van der Waals surface area contributed by atoms with Gasteiger partial charge in [-0.1, -0.05) is 37.8 Å². The zero-order chi connectivity index (χ0) is 22.0. The first-order valence-electron chi connectivity index (χ1n) is 10.6. The molecule has 1 amide bonds. The lowest BCUT2D eigenvalue weighted by atomic mass is 9.87. The second kappa shape index (κ2) is 9.18. The van der Waals surface area contributed by atoms with E-state index in [0.717, 1.165) is 42.6 Å². The molecular formula is C22H26N2O5S2. The molecule has 0 spiro atoms. The summed E-state index contributed by atoms with van der Waals surface area (Å²) in [4.78, 5) is 29.2. The maximum absolute atomic E-state index is 13.2. The Labute approximate surface area is 185 Å². The maximum atomic E-state index is 13.2. The summed E-state index contributed by atoms with van der Waals surface area (Å²) in [5.74, 6) is -0.691. The number of Topliss-reactive ketones (excluding diaryl/α,β-unsaturated/α-hetero) is 1. The smallest absolute Gasteiger partial charge is 0.233 e. The number of amides is 1. The number of nitrogens with one attached hydrogen (secondary N) is 1. The van der Waals surface area contributed by atoms with Crippen molar-refractivity contribution < 1.29 is 23.1 Å². The van der Waals surface area contributed by atoms with Crippen LogP contribution in [0.3, 0.4) is 0 Å². The van der Waals surface area contributed by atoms with Crippen LogP contribution in [0.4, 0.5) is 5.13 Å². The molecule has 1 atom stereocenters. The fraction of sp³-hybridized carbons (Fsp3) is 0.500. The molecule has 1 aromatic heterocycles. The van der Waals surface area contributed by atoms with Crippen LogP contribution in [-0.2, 0) is 14.6 Å². The molecule has 166 valence electrons. The minimum atomic E-state index is -3.27. The number of aliphatic hydroxyl groups is 1. The summed E-state index contributed by atoms with van der Waals surface area (Å²) in [6.45, 7) is -0.627. The lowest BCUT2D eigenvalue weighted by molar-refractivity contribution is -0.118. The van der Waals surface area contributed by atoms with Gasteiger partial charge in [0.1, 0.15) is 12.3 Å². The van der Waals surface area contributed by atoms with Crippen molar-refractivity contribution >= 4 is 38.0 Å². The molecule has 2 N–H and O–H groups in total. The number of carbonyl (C=O) groups is 2. The first kappa shape index (κ1) is 22.1. The van der Waals surface area contributed by atoms with Gasteiger partial charge < -0.3 is 10.4 Å². The molecule has 0 saturated heterocycles. The highest BCUT2D eigenvalue weighted by atomic mass is 32.2. The van der Waals surface area contributed by atoms with Gasteiger partial charge in [0.25, 0.3) is 0 Å². The normalized spacial score (nSPS) is 18.1. The Kier molecular flexibility index (Phi) is 6.55. The van der Waals surface area contributed by atoms with Crippen LogP contribution in [0.15, 0.2) is 34.5 Å². The van der Waals surface area contributed by atoms with Crippen LogP contribution in [0, 0.1) is 5.92 Å². The number of benzene rings is 1. The number of aromatic nitrogens is 1. The average molecular weight is 463 g/mol. The van der Waals surface area contributed by atoms with E-state index in [4.69, 9.17) is 5.11 Å². The summed E-state index contributed by atoms with van der Waals surface area (Å²) in [5, 5.41) is 13.3. The largest absolute Gasteiger partial charge is 0.388 e. The Bertz CT molecular complexity index is 1050. The number of carbonyl (C=O) groups excluding carboxylic acids is 2. The Morgan fingerprint density at radius 1 is 1.13 bits per heavy atom. The highest BCUT2D eigenvalue weighted by Crippen LogP contribution is 2.37. The lowest BCUT2D eigenvalue weighted by Gasteiger charge is -2.20. The van der Waals surface area contributed by atoms with Crippen molar-refractivity contribution in [2.24, 2.45) is 5.92 Å². The molecule has 0 aliphatic heterocycles. The molecule has 1 unspecified atom stereocenters. The number of sulfone groups is 1. The van der Waals surface area contributed by atoms with Crippen molar-refractivity contribution in [2.75, 3.05) is 11.9 Å². The van der Waals surface area contributed by atoms with Crippen LogP contribution in [0.5, 0.6) is 0 Å². The zero-order valence-corrected chi connectivity index (χ0v) is 18.8. The number of anilines is 1. The number of aliphatic hydroxyl groups excluding tert-OH is 1. The minimum absolute atomic E-state index is 0.129. The van der Waals surface area contributed by atoms with Gasteiger partial charge in [-0.25, -0.2) is 13.4 Å². The van der Waals surface area contributed by atoms with Gasteiger partial charge in [0, 0.05) is 5.38 Å². The van der Waals surface area contributed by atoms with Crippen LogP contribution < -0.4 is 5.32 Å². The van der Waals surface area contributed by atoms with Gasteiger partial charge in [0.2, 0.25) is 11.7 Å². The molecule has 1 heterocycles. The van der Waals surface area contributed by atoms with Gasteiger partial charge in [-0.15, -0.1) is 11.3 Å². The fourth-order valence-electron chi connectivity index (χ4n) is 4.17. The van der Waals surface area contributed by atoms with Gasteiger partial charge in [-0.2, -0.15) is 0 Å². The molecule has 2 aliphatic carbocycles. The number of rotatable bonds is 9. The molecule has 0 radical (unpaired) electrons. The molecule has 9 heteroatoms. The van der Waals surface area contributed by atoms with Crippen LogP contribution in [0.2, 0.25) is 0 Å². The Morgan fingerprint density at radius 3 is 2.42 bits per heavy atom. The van der Waals surface area contributed by atoms with Crippen molar-refractivity contribution in [1.29, 1.82) is 0 Å². The van der Waals surface area contributed by atoms with E-state index in [2.05, 4.69) is 10.3 Å². The predicted octanol–water partition coefficient (Wildman–Crippen LogP) is 3.56. The van der Waals surface area contributed by atoms with Crippen molar-refractivity contribution in [3.63, 3.8) is 0 Å². The van der Waals surface area contributed by atoms with Crippen molar-refractivity contribution in [3.05, 3.63) is 40.9 Å². The molecule has 2 saturated carbocycles. The standard InChI is InChI=1S/C22H26N2O5S2/c25-12-20(26)19-13-30-22(23-19)24-21(27)18(11-14-3-1-2-4-14)15-5-7-16(8-6-15)31(28,29)17-9-10-17/h5-8,13-14,17-18,25H,1-4,9-12H2,(H,23,24,27). The third kappa shape index (κ3) is 5.05. The molecule has 31 heavy (non-hydrogen) atoms. The fourth-order valence-corrected chi connectivity index (χ4v) is 6.54. The van der Waals surface area contributed by atoms with E-state index in [1.807, 2.05) is 0 Å². The predicted molar refractivity (Wildman–Crippen MR) is 118 cm³/mol. The molecule has 2 aromatic rings. The molecule has 4 rings (SSSR count). The SMILES string of the molecule is O=C(CO)c1csc(NC(=O)C(CC2CCCC2)c2ccc(S(=O)(=O)C3CC3)cc2)n1. The van der Waals surface area contributed by atoms with Gasteiger partial charge >= 0.3 is 0 Å². The van der Waals surface area contributed by atoms with Gasteiger partial charge in [0.15, 0.2) is 15.0 Å². The summed E-state index contributed by atoms with van der Waals surface area (Å²) < 4.78 is 25.0. The van der Waals surface area contributed by atoms with E-state index in [1.165, 1.54) is 5.38 Å². The number of thiazole rings is 1. The van der Waals surface area contributed by atoms with Crippen LogP contribution >= 0.6 is 11.3 Å². The van der Waals surface area contributed by atoms with Gasteiger partial charge in [-0.3, -0.25) is 9.59 Å². The summed E-state index contributed by atoms with van der Waals surface area (Å²) >= 11 is 1.14. The number of hydrogen-bond acceptors (Lipinski definition) is 7. The van der Waals surface area contributed by atoms with Crippen molar-refractivity contribution in [2.45, 2.75) is 61.0 Å². The van der Waals surface area contributed by atoms with Crippen molar-refractivity contribution in [3.8, 4) is 0 Å². The summed E-state index contributed by atoms with van der Waals surface area (Å²) in [6.07, 6.45) is 6.62. The van der Waals surface area contributed by atoms with Gasteiger partial charge in [0.05, 0.1) is 16.1 Å². The number of ketones is 1. The van der Waals surface area contributed by atoms with E-state index < -0.39 is 28.1 Å². The average Bonchev–Trinajstić information content (AvgIpc) is 3.33. The van der Waals surface area contributed by atoms with Crippen LogP contribution in [0.25, 0.3) is 0 Å². The molecular weight excluding hydrogens is 436 g/mol. The van der Waals surface area contributed by atoms with E-state index >= 15 is 0 Å². The van der Waals surface area contributed by atoms with E-state index in [1.54, 1.807) is 24.3 Å². The third-order valence-corrected chi connectivity index (χ3v) is 9.13. The van der Waals surface area contributed by atoms with Crippen molar-refractivity contribution in [1.82, 2.24) is 4.98 Å². The molecule has 7 nitrogen and oxygen atoms in total. The minimum Gasteiger partial charge on any atom is -0.388 e. The Hall–Kier alpha value is -2.10. The van der Waals surface area contributed by atoms with E-state index in [0.29, 0.717) is 35.2 Å². The first-order chi connectivity index (χ1) is 14.9. The monoisotopic (exact) mass is 462 g/mol. The van der Waals surface area contributed by atoms with Gasteiger partial charge in [-0.05, 0) is 42.9 Å². The molecule has 2 fully saturated rings. The topological polar surface area (TPSA) is 113 Å². The summed E-state index contributed by atoms with van der Waals surface area (Å²) in [7, 11) is -3.27. The summed E-state index contributed by atoms with van der Waals surface area (Å²) in [6, 6.07) is 6.71. The van der Waals surface area contributed by atoms with E-state index in [-0.39, 0.29) is 16.9 Å². The highest BCUT2D eigenvalue weighted by molar-refractivity contribution is 7.92. The first-order valence-corrected chi connectivity index (χ1v) is 13.1. The number of hydrogen-bond donors (Lipinski definition) is 2. The second-order valence-electron chi connectivity index (χ2n) is 8.36. The van der Waals surface area contributed by atoms with E-state index in [9.17, 15) is 18.0 Å². The molecule has 2 aliphatic rings.